The Labute approximate surface area is 172 Å². The summed E-state index contributed by atoms with van der Waals surface area (Å²) < 4.78 is 5.20. The first kappa shape index (κ1) is 21.3. The minimum Gasteiger partial charge on any atom is -0.497 e. The lowest BCUT2D eigenvalue weighted by molar-refractivity contribution is -0.00401. The van der Waals surface area contributed by atoms with Crippen LogP contribution in [0.3, 0.4) is 0 Å². The Morgan fingerprint density at radius 3 is 2.76 bits per heavy atom. The maximum absolute atomic E-state index is 12.9. The van der Waals surface area contributed by atoms with E-state index in [9.17, 15) is 9.90 Å². The summed E-state index contributed by atoms with van der Waals surface area (Å²) in [5.41, 5.74) is 1.90. The smallest absolute Gasteiger partial charge is 0.257 e. The molecule has 7 heteroatoms. The predicted molar refractivity (Wildman–Crippen MR) is 112 cm³/mol. The number of ether oxygens (including phenoxy) is 1. The van der Waals surface area contributed by atoms with Gasteiger partial charge in [0, 0.05) is 31.9 Å². The number of nitrogens with zero attached hydrogens (tertiary/aromatic N) is 3. The average Bonchev–Trinajstić information content (AvgIpc) is 3.11. The van der Waals surface area contributed by atoms with Gasteiger partial charge in [0.05, 0.1) is 24.5 Å². The number of hydrogen-bond acceptors (Lipinski definition) is 5. The standard InChI is InChI=1S/C22H32N4O3/c1-4-20-19(14-23-24-20)21(27)26-12-5-10-22(28,11-13-26)16-25(2)15-17-6-8-18(29-3)9-7-17/h6-9,14,28H,4-5,10-13,15-16H2,1-3H3,(H,23,24). The quantitative estimate of drug-likeness (QED) is 0.746. The highest BCUT2D eigenvalue weighted by Gasteiger charge is 2.33. The lowest BCUT2D eigenvalue weighted by Gasteiger charge is -2.31. The van der Waals surface area contributed by atoms with Gasteiger partial charge in [0.1, 0.15) is 5.75 Å². The number of likely N-dealkylation sites (tertiary alicyclic amines) is 1. The number of methoxy groups -OCH3 is 1. The molecule has 1 aliphatic heterocycles. The molecule has 1 amide bonds. The second-order valence-corrected chi connectivity index (χ2v) is 8.01. The van der Waals surface area contributed by atoms with Crippen molar-refractivity contribution in [1.29, 1.82) is 0 Å². The zero-order valence-corrected chi connectivity index (χ0v) is 17.6. The van der Waals surface area contributed by atoms with Crippen LogP contribution in [-0.2, 0) is 13.0 Å². The van der Waals surface area contributed by atoms with Gasteiger partial charge in [0.25, 0.3) is 5.91 Å². The van der Waals surface area contributed by atoms with E-state index in [2.05, 4.69) is 15.1 Å². The minimum absolute atomic E-state index is 0.00596. The number of rotatable bonds is 7. The van der Waals surface area contributed by atoms with Crippen LogP contribution in [0.25, 0.3) is 0 Å². The second-order valence-electron chi connectivity index (χ2n) is 8.01. The average molecular weight is 401 g/mol. The molecule has 1 unspecified atom stereocenters. The van der Waals surface area contributed by atoms with Crippen molar-refractivity contribution in [3.8, 4) is 5.75 Å². The van der Waals surface area contributed by atoms with Crippen LogP contribution in [0.5, 0.6) is 5.75 Å². The number of hydrogen-bond donors (Lipinski definition) is 2. The second kappa shape index (κ2) is 9.41. The number of nitrogens with one attached hydrogen (secondary N) is 1. The van der Waals surface area contributed by atoms with Crippen LogP contribution in [0.4, 0.5) is 0 Å². The Morgan fingerprint density at radius 2 is 2.07 bits per heavy atom. The maximum atomic E-state index is 12.9. The molecule has 3 rings (SSSR count). The van der Waals surface area contributed by atoms with Crippen LogP contribution in [0.2, 0.25) is 0 Å². The Hall–Kier alpha value is -2.38. The molecule has 0 bridgehead atoms. The molecule has 29 heavy (non-hydrogen) atoms. The number of aromatic nitrogens is 2. The van der Waals surface area contributed by atoms with Gasteiger partial charge in [0.2, 0.25) is 0 Å². The summed E-state index contributed by atoms with van der Waals surface area (Å²) in [7, 11) is 3.68. The summed E-state index contributed by atoms with van der Waals surface area (Å²) in [6.07, 6.45) is 4.41. The molecule has 1 aliphatic rings. The summed E-state index contributed by atoms with van der Waals surface area (Å²) in [5, 5.41) is 18.1. The molecule has 2 aromatic rings. The van der Waals surface area contributed by atoms with Gasteiger partial charge in [-0.1, -0.05) is 19.1 Å². The fourth-order valence-electron chi connectivity index (χ4n) is 4.08. The van der Waals surface area contributed by atoms with E-state index >= 15 is 0 Å². The van der Waals surface area contributed by atoms with E-state index in [0.29, 0.717) is 38.0 Å². The van der Waals surface area contributed by atoms with Gasteiger partial charge in [0.15, 0.2) is 0 Å². The fraction of sp³-hybridized carbons (Fsp3) is 0.545. The summed E-state index contributed by atoms with van der Waals surface area (Å²) >= 11 is 0. The zero-order valence-electron chi connectivity index (χ0n) is 17.6. The molecule has 1 aromatic heterocycles. The molecule has 7 nitrogen and oxygen atoms in total. The van der Waals surface area contributed by atoms with E-state index in [4.69, 9.17) is 4.74 Å². The zero-order chi connectivity index (χ0) is 20.9. The van der Waals surface area contributed by atoms with Gasteiger partial charge >= 0.3 is 0 Å². The van der Waals surface area contributed by atoms with Crippen molar-refractivity contribution in [2.75, 3.05) is 33.8 Å². The number of aliphatic hydroxyl groups is 1. The maximum Gasteiger partial charge on any atom is 0.257 e. The molecule has 2 N–H and O–H groups in total. The lowest BCUT2D eigenvalue weighted by Crippen LogP contribution is -2.42. The summed E-state index contributed by atoms with van der Waals surface area (Å²) in [6.45, 7) is 4.55. The summed E-state index contributed by atoms with van der Waals surface area (Å²) in [5.74, 6) is 0.846. The van der Waals surface area contributed by atoms with E-state index in [1.807, 2.05) is 43.1 Å². The molecule has 1 atom stereocenters. The molecular formula is C22H32N4O3. The van der Waals surface area contributed by atoms with Gasteiger partial charge in [-0.25, -0.2) is 0 Å². The number of amides is 1. The van der Waals surface area contributed by atoms with Crippen molar-refractivity contribution >= 4 is 5.91 Å². The number of carbonyl (C=O) groups is 1. The number of aryl methyl sites for hydroxylation is 1. The topological polar surface area (TPSA) is 81.7 Å². The Balaban J connectivity index is 1.57. The van der Waals surface area contributed by atoms with Crippen LogP contribution < -0.4 is 4.74 Å². The molecule has 158 valence electrons. The van der Waals surface area contributed by atoms with Crippen molar-refractivity contribution in [1.82, 2.24) is 20.0 Å². The normalized spacial score (nSPS) is 20.0. The number of benzene rings is 1. The minimum atomic E-state index is -0.791. The lowest BCUT2D eigenvalue weighted by atomic mass is 9.94. The first-order valence-electron chi connectivity index (χ1n) is 10.3. The van der Waals surface area contributed by atoms with Crippen molar-refractivity contribution in [3.63, 3.8) is 0 Å². The van der Waals surface area contributed by atoms with Gasteiger partial charge in [-0.3, -0.25) is 14.8 Å². The van der Waals surface area contributed by atoms with E-state index < -0.39 is 5.60 Å². The third-order valence-electron chi connectivity index (χ3n) is 5.68. The monoisotopic (exact) mass is 400 g/mol. The van der Waals surface area contributed by atoms with Gasteiger partial charge in [-0.15, -0.1) is 0 Å². The number of carbonyl (C=O) groups excluding carboxylic acids is 1. The van der Waals surface area contributed by atoms with Crippen LogP contribution in [0.15, 0.2) is 30.5 Å². The first-order valence-corrected chi connectivity index (χ1v) is 10.3. The van der Waals surface area contributed by atoms with Crippen molar-refractivity contribution in [2.24, 2.45) is 0 Å². The third kappa shape index (κ3) is 5.36. The number of likely N-dealkylation sites (N-methyl/N-ethyl adjacent to an activating group) is 1. The van der Waals surface area contributed by atoms with Crippen LogP contribution >= 0.6 is 0 Å². The van der Waals surface area contributed by atoms with Gasteiger partial charge < -0.3 is 14.7 Å². The van der Waals surface area contributed by atoms with Gasteiger partial charge in [-0.05, 0) is 50.4 Å². The molecular weight excluding hydrogens is 368 g/mol. The molecule has 0 radical (unpaired) electrons. The van der Waals surface area contributed by atoms with Crippen LogP contribution in [0, 0.1) is 0 Å². The Bertz CT molecular complexity index is 805. The van der Waals surface area contributed by atoms with Crippen molar-refractivity contribution in [2.45, 2.75) is 44.8 Å². The summed E-state index contributed by atoms with van der Waals surface area (Å²) in [4.78, 5) is 16.9. The predicted octanol–water partition coefficient (Wildman–Crippen LogP) is 2.47. The fourth-order valence-corrected chi connectivity index (χ4v) is 4.08. The number of aromatic amines is 1. The summed E-state index contributed by atoms with van der Waals surface area (Å²) in [6, 6.07) is 7.99. The van der Waals surface area contributed by atoms with Crippen molar-refractivity contribution in [3.05, 3.63) is 47.3 Å². The molecule has 1 saturated heterocycles. The molecule has 0 saturated carbocycles. The molecule has 2 heterocycles. The highest BCUT2D eigenvalue weighted by atomic mass is 16.5. The molecule has 0 aliphatic carbocycles. The molecule has 0 spiro atoms. The van der Waals surface area contributed by atoms with E-state index in [-0.39, 0.29) is 5.91 Å². The molecule has 1 fully saturated rings. The Kier molecular flexibility index (Phi) is 6.92. The molecule has 1 aromatic carbocycles. The first-order chi connectivity index (χ1) is 13.9. The number of H-pyrrole nitrogens is 1. The van der Waals surface area contributed by atoms with Crippen molar-refractivity contribution < 1.29 is 14.6 Å². The highest BCUT2D eigenvalue weighted by Crippen LogP contribution is 2.25. The largest absolute Gasteiger partial charge is 0.497 e. The van der Waals surface area contributed by atoms with E-state index in [1.54, 1.807) is 13.3 Å². The van der Waals surface area contributed by atoms with Crippen LogP contribution in [-0.4, -0.2) is 70.4 Å². The SMILES string of the molecule is CCc1[nH]ncc1C(=O)N1CCCC(O)(CN(C)Cc2ccc(OC)cc2)CC1. The van der Waals surface area contributed by atoms with E-state index in [1.165, 1.54) is 5.56 Å². The van der Waals surface area contributed by atoms with Crippen LogP contribution in [0.1, 0.15) is 47.8 Å². The third-order valence-corrected chi connectivity index (χ3v) is 5.68. The Morgan fingerprint density at radius 1 is 1.31 bits per heavy atom. The van der Waals surface area contributed by atoms with E-state index in [0.717, 1.165) is 30.8 Å². The highest BCUT2D eigenvalue weighted by molar-refractivity contribution is 5.95. The van der Waals surface area contributed by atoms with Gasteiger partial charge in [-0.2, -0.15) is 5.10 Å².